The smallest absolute Gasteiger partial charge is 0.412 e. The van der Waals surface area contributed by atoms with Gasteiger partial charge in [0, 0.05) is 25.6 Å². The Bertz CT molecular complexity index is 1190. The number of amides is 2. The average Bonchev–Trinajstić information content (AvgIpc) is 3.35. The van der Waals surface area contributed by atoms with E-state index in [1.54, 1.807) is 14.0 Å². The first-order valence-electron chi connectivity index (χ1n) is 11.1. The summed E-state index contributed by atoms with van der Waals surface area (Å²) in [7, 11) is 1.56. The molecule has 0 aliphatic heterocycles. The van der Waals surface area contributed by atoms with E-state index in [0.29, 0.717) is 6.42 Å². The number of carbonyl (C=O) groups is 3. The molecule has 2 aromatic carbocycles. The number of fused-ring (bicyclic) bond motifs is 3. The molecule has 1 aliphatic carbocycles. The normalized spacial score (nSPS) is 13.0. The Morgan fingerprint density at radius 1 is 1.09 bits per heavy atom. The molecule has 1 unspecified atom stereocenters. The lowest BCUT2D eigenvalue weighted by Gasteiger charge is -2.14. The van der Waals surface area contributed by atoms with Gasteiger partial charge in [-0.15, -0.1) is 0 Å². The molecule has 1 aromatic heterocycles. The Balaban J connectivity index is 1.37. The van der Waals surface area contributed by atoms with Gasteiger partial charge in [-0.1, -0.05) is 55.5 Å². The first kappa shape index (κ1) is 23.0. The van der Waals surface area contributed by atoms with Crippen LogP contribution in [0.25, 0.3) is 11.1 Å². The number of carboxylic acids is 1. The number of carboxylic acid groups (broad SMARTS) is 1. The summed E-state index contributed by atoms with van der Waals surface area (Å²) < 4.78 is 6.82. The van der Waals surface area contributed by atoms with Crippen molar-refractivity contribution in [1.82, 2.24) is 15.1 Å². The Hall–Kier alpha value is -4.14. The predicted octanol–water partition coefficient (Wildman–Crippen LogP) is 3.62. The zero-order valence-electron chi connectivity index (χ0n) is 18.9. The summed E-state index contributed by atoms with van der Waals surface area (Å²) in [5.74, 6) is -2.02. The average molecular weight is 463 g/mol. The predicted molar refractivity (Wildman–Crippen MR) is 126 cm³/mol. The van der Waals surface area contributed by atoms with E-state index in [2.05, 4.69) is 27.9 Å². The number of nitrogens with zero attached hydrogens (tertiary/aromatic N) is 2. The Kier molecular flexibility index (Phi) is 6.62. The van der Waals surface area contributed by atoms with Gasteiger partial charge in [-0.3, -0.25) is 19.6 Å². The number of nitrogens with one attached hydrogen (secondary N) is 2. The lowest BCUT2D eigenvalue weighted by atomic mass is 9.98. The van der Waals surface area contributed by atoms with Gasteiger partial charge in [0.25, 0.3) is 5.91 Å². The molecule has 9 heteroatoms. The van der Waals surface area contributed by atoms with Crippen LogP contribution in [0.1, 0.15) is 40.9 Å². The minimum absolute atomic E-state index is 0.00495. The standard InChI is InChI=1S/C25H26N4O5/c1-3-15(24(31)32)13-26-23(30)21-12-22(28-29(21)2)27-25(33)34-14-20-18-10-6-4-8-16(18)17-9-5-7-11-19(17)20/h4-12,15,20H,3,13-14H2,1-2H3,(H,26,30)(H,31,32)(H,27,28,33). The number of ether oxygens (including phenoxy) is 1. The number of aliphatic carboxylic acids is 1. The lowest BCUT2D eigenvalue weighted by molar-refractivity contribution is -0.141. The van der Waals surface area contributed by atoms with Crippen molar-refractivity contribution in [3.63, 3.8) is 0 Å². The third-order valence-corrected chi connectivity index (χ3v) is 6.04. The van der Waals surface area contributed by atoms with Gasteiger partial charge >= 0.3 is 12.1 Å². The summed E-state index contributed by atoms with van der Waals surface area (Å²) in [6, 6.07) is 17.5. The highest BCUT2D eigenvalue weighted by molar-refractivity contribution is 5.94. The largest absolute Gasteiger partial charge is 0.481 e. The molecule has 0 bridgehead atoms. The van der Waals surface area contributed by atoms with Crippen molar-refractivity contribution in [1.29, 1.82) is 0 Å². The molecular formula is C25H26N4O5. The van der Waals surface area contributed by atoms with E-state index >= 15 is 0 Å². The topological polar surface area (TPSA) is 123 Å². The molecule has 1 atom stereocenters. The molecule has 4 rings (SSSR count). The Morgan fingerprint density at radius 3 is 2.29 bits per heavy atom. The van der Waals surface area contributed by atoms with Gasteiger partial charge in [0.05, 0.1) is 5.92 Å². The maximum Gasteiger partial charge on any atom is 0.412 e. The van der Waals surface area contributed by atoms with Crippen molar-refractivity contribution in [2.45, 2.75) is 19.3 Å². The molecule has 0 radical (unpaired) electrons. The monoisotopic (exact) mass is 462 g/mol. The van der Waals surface area contributed by atoms with Gasteiger partial charge in [0.15, 0.2) is 5.82 Å². The number of anilines is 1. The summed E-state index contributed by atoms with van der Waals surface area (Å²) in [6.07, 6.45) is -0.279. The van der Waals surface area contributed by atoms with Crippen LogP contribution < -0.4 is 10.6 Å². The number of benzene rings is 2. The molecule has 3 aromatic rings. The van der Waals surface area contributed by atoms with E-state index in [0.717, 1.165) is 22.3 Å². The molecule has 0 spiro atoms. The highest BCUT2D eigenvalue weighted by Gasteiger charge is 2.29. The van der Waals surface area contributed by atoms with Crippen molar-refractivity contribution in [3.8, 4) is 11.1 Å². The van der Waals surface area contributed by atoms with Crippen LogP contribution in [0, 0.1) is 5.92 Å². The van der Waals surface area contributed by atoms with Crippen molar-refractivity contribution >= 4 is 23.8 Å². The van der Waals surface area contributed by atoms with Gasteiger partial charge in [0.1, 0.15) is 12.3 Å². The van der Waals surface area contributed by atoms with Gasteiger partial charge in [0.2, 0.25) is 0 Å². The number of hydrogen-bond acceptors (Lipinski definition) is 5. The number of carbonyl (C=O) groups excluding carboxylic acids is 2. The van der Waals surface area contributed by atoms with Crippen molar-refractivity contribution in [3.05, 3.63) is 71.4 Å². The second kappa shape index (κ2) is 9.78. The third-order valence-electron chi connectivity index (χ3n) is 6.04. The van der Waals surface area contributed by atoms with Crippen LogP contribution in [0.2, 0.25) is 0 Å². The molecule has 9 nitrogen and oxygen atoms in total. The summed E-state index contributed by atoms with van der Waals surface area (Å²) in [4.78, 5) is 36.0. The molecule has 2 amide bonds. The molecular weight excluding hydrogens is 436 g/mol. The molecule has 176 valence electrons. The number of hydrogen-bond donors (Lipinski definition) is 3. The van der Waals surface area contributed by atoms with E-state index in [4.69, 9.17) is 9.84 Å². The van der Waals surface area contributed by atoms with Gasteiger partial charge in [-0.05, 0) is 28.7 Å². The molecule has 0 fully saturated rings. The summed E-state index contributed by atoms with van der Waals surface area (Å²) >= 11 is 0. The highest BCUT2D eigenvalue weighted by Crippen LogP contribution is 2.44. The molecule has 0 saturated carbocycles. The fraction of sp³-hybridized carbons (Fsp3) is 0.280. The van der Waals surface area contributed by atoms with Crippen LogP contribution >= 0.6 is 0 Å². The van der Waals surface area contributed by atoms with E-state index in [-0.39, 0.29) is 30.6 Å². The van der Waals surface area contributed by atoms with Gasteiger partial charge in [-0.25, -0.2) is 4.79 Å². The first-order valence-corrected chi connectivity index (χ1v) is 11.1. The summed E-state index contributed by atoms with van der Waals surface area (Å²) in [6.45, 7) is 1.91. The van der Waals surface area contributed by atoms with E-state index in [1.165, 1.54) is 10.7 Å². The Morgan fingerprint density at radius 2 is 1.71 bits per heavy atom. The Labute approximate surface area is 196 Å². The fourth-order valence-corrected chi connectivity index (χ4v) is 4.19. The zero-order chi connectivity index (χ0) is 24.2. The number of aromatic nitrogens is 2. The third kappa shape index (κ3) is 4.63. The van der Waals surface area contributed by atoms with Gasteiger partial charge in [-0.2, -0.15) is 5.10 Å². The van der Waals surface area contributed by atoms with Gasteiger partial charge < -0.3 is 15.2 Å². The van der Waals surface area contributed by atoms with Crippen molar-refractivity contribution in [2.24, 2.45) is 13.0 Å². The minimum Gasteiger partial charge on any atom is -0.481 e. The number of aryl methyl sites for hydroxylation is 1. The van der Waals surface area contributed by atoms with E-state index in [1.807, 2.05) is 36.4 Å². The summed E-state index contributed by atoms with van der Waals surface area (Å²) in [5, 5.41) is 18.4. The first-order chi connectivity index (χ1) is 16.4. The van der Waals surface area contributed by atoms with E-state index < -0.39 is 23.9 Å². The lowest BCUT2D eigenvalue weighted by Crippen LogP contribution is -2.33. The fourth-order valence-electron chi connectivity index (χ4n) is 4.19. The molecule has 1 aliphatic rings. The number of rotatable bonds is 8. The molecule has 3 N–H and O–H groups in total. The second-order valence-electron chi connectivity index (χ2n) is 8.14. The van der Waals surface area contributed by atoms with Crippen LogP contribution in [-0.2, 0) is 16.6 Å². The molecule has 1 heterocycles. The van der Waals surface area contributed by atoms with Crippen LogP contribution in [0.15, 0.2) is 54.6 Å². The minimum atomic E-state index is -0.967. The maximum absolute atomic E-state index is 12.5. The van der Waals surface area contributed by atoms with Crippen molar-refractivity contribution < 1.29 is 24.2 Å². The van der Waals surface area contributed by atoms with Crippen molar-refractivity contribution in [2.75, 3.05) is 18.5 Å². The second-order valence-corrected chi connectivity index (χ2v) is 8.14. The van der Waals surface area contributed by atoms with Crippen LogP contribution in [0.4, 0.5) is 10.6 Å². The zero-order valence-corrected chi connectivity index (χ0v) is 18.9. The van der Waals surface area contributed by atoms with E-state index in [9.17, 15) is 14.4 Å². The van der Waals surface area contributed by atoms with Crippen LogP contribution in [-0.4, -0.2) is 46.0 Å². The quantitative estimate of drug-likeness (QED) is 0.470. The van der Waals surface area contributed by atoms with Crippen LogP contribution in [0.3, 0.4) is 0 Å². The summed E-state index contributed by atoms with van der Waals surface area (Å²) in [5.41, 5.74) is 4.69. The van der Waals surface area contributed by atoms with Crippen LogP contribution in [0.5, 0.6) is 0 Å². The molecule has 34 heavy (non-hydrogen) atoms. The SMILES string of the molecule is CCC(CNC(=O)c1cc(NC(=O)OCC2c3ccccc3-c3ccccc32)nn1C)C(=O)O. The highest BCUT2D eigenvalue weighted by atomic mass is 16.5. The maximum atomic E-state index is 12.5. The molecule has 0 saturated heterocycles.